The fourth-order valence-electron chi connectivity index (χ4n) is 4.01. The number of amides is 1. The maximum Gasteiger partial charge on any atom is 0.255 e. The van der Waals surface area contributed by atoms with Crippen LogP contribution in [0.25, 0.3) is 11.3 Å². The van der Waals surface area contributed by atoms with Gasteiger partial charge in [0.2, 0.25) is 5.95 Å². The molecule has 3 N–H and O–H groups in total. The second-order valence-corrected chi connectivity index (χ2v) is 8.63. The number of nitrogens with zero attached hydrogens (tertiary/aromatic N) is 3. The van der Waals surface area contributed by atoms with Gasteiger partial charge in [0.25, 0.3) is 5.91 Å². The van der Waals surface area contributed by atoms with Gasteiger partial charge in [-0.05, 0) is 41.8 Å². The molecule has 0 aliphatic heterocycles. The van der Waals surface area contributed by atoms with E-state index in [4.69, 9.17) is 9.72 Å². The maximum absolute atomic E-state index is 13.2. The van der Waals surface area contributed by atoms with Gasteiger partial charge >= 0.3 is 0 Å². The molecule has 4 rings (SSSR count). The zero-order chi connectivity index (χ0) is 26.2. The molecule has 37 heavy (non-hydrogen) atoms. The number of aliphatic hydroxyl groups is 1. The van der Waals surface area contributed by atoms with E-state index in [2.05, 4.69) is 10.3 Å². The first kappa shape index (κ1) is 25.7. The lowest BCUT2D eigenvalue weighted by atomic mass is 10.0. The van der Waals surface area contributed by atoms with Crippen LogP contribution in [0, 0.1) is 0 Å². The number of phenols is 1. The SMILES string of the molecule is COc1ccccc1-c1nc(N(C)Cc2ccccc2)ncc1C(=O)NCCC(O)c1cccc(O)c1. The average Bonchev–Trinajstić information content (AvgIpc) is 2.93. The van der Waals surface area contributed by atoms with Gasteiger partial charge < -0.3 is 25.2 Å². The van der Waals surface area contributed by atoms with E-state index in [1.807, 2.05) is 66.5 Å². The van der Waals surface area contributed by atoms with E-state index in [-0.39, 0.29) is 24.6 Å². The van der Waals surface area contributed by atoms with Crippen LogP contribution in [0.4, 0.5) is 5.95 Å². The molecule has 1 aromatic heterocycles. The van der Waals surface area contributed by atoms with E-state index in [9.17, 15) is 15.0 Å². The standard InChI is InChI=1S/C29H30N4O4/c1-33(19-20-9-4-3-5-10-20)29-31-18-24(27(32-29)23-13-6-7-14-26(23)37-2)28(36)30-16-15-25(35)21-11-8-12-22(34)17-21/h3-14,17-18,25,34-35H,15-16,19H2,1-2H3,(H,30,36). The van der Waals surface area contributed by atoms with Crippen molar-refractivity contribution in [2.45, 2.75) is 19.1 Å². The molecule has 0 saturated heterocycles. The predicted octanol–water partition coefficient (Wildman–Crippen LogP) is 4.35. The van der Waals surface area contributed by atoms with Crippen molar-refractivity contribution < 1.29 is 19.7 Å². The molecule has 0 spiro atoms. The summed E-state index contributed by atoms with van der Waals surface area (Å²) in [4.78, 5) is 24.4. The Morgan fingerprint density at radius 2 is 1.81 bits per heavy atom. The molecule has 0 bridgehead atoms. The number of anilines is 1. The Morgan fingerprint density at radius 1 is 1.05 bits per heavy atom. The highest BCUT2D eigenvalue weighted by Crippen LogP contribution is 2.32. The average molecular weight is 499 g/mol. The number of carbonyl (C=O) groups excluding carboxylic acids is 1. The Balaban J connectivity index is 1.56. The van der Waals surface area contributed by atoms with Crippen molar-refractivity contribution in [2.75, 3.05) is 25.6 Å². The third kappa shape index (κ3) is 6.42. The first-order valence-corrected chi connectivity index (χ1v) is 12.0. The monoisotopic (exact) mass is 498 g/mol. The summed E-state index contributed by atoms with van der Waals surface area (Å²) in [6.07, 6.45) is 0.969. The number of aromatic hydroxyl groups is 1. The Hall–Kier alpha value is -4.43. The van der Waals surface area contributed by atoms with Crippen molar-refractivity contribution in [3.05, 3.63) is 102 Å². The summed E-state index contributed by atoms with van der Waals surface area (Å²) in [7, 11) is 3.47. The van der Waals surface area contributed by atoms with Crippen molar-refractivity contribution in [3.8, 4) is 22.8 Å². The number of aliphatic hydroxyl groups excluding tert-OH is 1. The van der Waals surface area contributed by atoms with Gasteiger partial charge in [-0.25, -0.2) is 9.97 Å². The van der Waals surface area contributed by atoms with Crippen LogP contribution in [0.2, 0.25) is 0 Å². The van der Waals surface area contributed by atoms with Gasteiger partial charge in [-0.3, -0.25) is 4.79 Å². The number of benzene rings is 3. The second-order valence-electron chi connectivity index (χ2n) is 8.63. The Kier molecular flexibility index (Phi) is 8.33. The molecule has 190 valence electrons. The highest BCUT2D eigenvalue weighted by Gasteiger charge is 2.20. The lowest BCUT2D eigenvalue weighted by molar-refractivity contribution is 0.0942. The molecule has 0 radical (unpaired) electrons. The molecule has 1 unspecified atom stereocenters. The minimum Gasteiger partial charge on any atom is -0.508 e. The molecule has 0 fully saturated rings. The lowest BCUT2D eigenvalue weighted by Gasteiger charge is -2.20. The molecule has 0 aliphatic carbocycles. The molecule has 0 aliphatic rings. The first-order chi connectivity index (χ1) is 18.0. The predicted molar refractivity (Wildman–Crippen MR) is 143 cm³/mol. The van der Waals surface area contributed by atoms with Crippen LogP contribution < -0.4 is 15.0 Å². The fourth-order valence-corrected chi connectivity index (χ4v) is 4.01. The number of rotatable bonds is 10. The van der Waals surface area contributed by atoms with Crippen LogP contribution in [0.15, 0.2) is 85.1 Å². The molecule has 1 heterocycles. The number of carbonyl (C=O) groups is 1. The number of para-hydroxylation sites is 1. The zero-order valence-corrected chi connectivity index (χ0v) is 20.8. The number of nitrogens with one attached hydrogen (secondary N) is 1. The number of methoxy groups -OCH3 is 1. The zero-order valence-electron chi connectivity index (χ0n) is 20.8. The third-order valence-corrected chi connectivity index (χ3v) is 5.95. The van der Waals surface area contributed by atoms with E-state index in [0.29, 0.717) is 40.6 Å². The van der Waals surface area contributed by atoms with Crippen molar-refractivity contribution in [1.82, 2.24) is 15.3 Å². The number of hydrogen-bond donors (Lipinski definition) is 3. The highest BCUT2D eigenvalue weighted by molar-refractivity contribution is 6.00. The largest absolute Gasteiger partial charge is 0.508 e. The molecule has 8 nitrogen and oxygen atoms in total. The van der Waals surface area contributed by atoms with Gasteiger partial charge in [-0.2, -0.15) is 0 Å². The third-order valence-electron chi connectivity index (χ3n) is 5.95. The van der Waals surface area contributed by atoms with Gasteiger partial charge in [0.15, 0.2) is 0 Å². The van der Waals surface area contributed by atoms with Gasteiger partial charge in [-0.15, -0.1) is 0 Å². The number of hydrogen-bond acceptors (Lipinski definition) is 7. The van der Waals surface area contributed by atoms with Crippen molar-refractivity contribution in [2.24, 2.45) is 0 Å². The van der Waals surface area contributed by atoms with Crippen LogP contribution >= 0.6 is 0 Å². The van der Waals surface area contributed by atoms with Crippen LogP contribution in [-0.4, -0.2) is 46.8 Å². The van der Waals surface area contributed by atoms with Gasteiger partial charge in [0, 0.05) is 31.9 Å². The topological polar surface area (TPSA) is 108 Å². The van der Waals surface area contributed by atoms with Crippen LogP contribution in [0.5, 0.6) is 11.5 Å². The molecule has 0 saturated carbocycles. The number of aromatic nitrogens is 2. The second kappa shape index (κ2) is 12.0. The van der Waals surface area contributed by atoms with Crippen LogP contribution in [0.3, 0.4) is 0 Å². The Labute approximate surface area is 216 Å². The molecule has 1 amide bonds. The summed E-state index contributed by atoms with van der Waals surface area (Å²) < 4.78 is 5.54. The molecule has 8 heteroatoms. The van der Waals surface area contributed by atoms with Gasteiger partial charge in [0.1, 0.15) is 11.5 Å². The minimum absolute atomic E-state index is 0.0801. The van der Waals surface area contributed by atoms with Gasteiger partial charge in [0.05, 0.1) is 24.5 Å². The number of ether oxygens (including phenoxy) is 1. The lowest BCUT2D eigenvalue weighted by Crippen LogP contribution is -2.27. The maximum atomic E-state index is 13.2. The van der Waals surface area contributed by atoms with E-state index >= 15 is 0 Å². The molecular formula is C29H30N4O4. The summed E-state index contributed by atoms with van der Waals surface area (Å²) in [5, 5.41) is 22.9. The minimum atomic E-state index is -0.827. The fraction of sp³-hybridized carbons (Fsp3) is 0.207. The van der Waals surface area contributed by atoms with Crippen molar-refractivity contribution in [1.29, 1.82) is 0 Å². The molecular weight excluding hydrogens is 468 g/mol. The van der Waals surface area contributed by atoms with E-state index in [1.165, 1.54) is 12.3 Å². The van der Waals surface area contributed by atoms with E-state index in [1.54, 1.807) is 25.3 Å². The summed E-state index contributed by atoms with van der Waals surface area (Å²) in [6.45, 7) is 0.821. The normalized spacial score (nSPS) is 11.5. The van der Waals surface area contributed by atoms with Gasteiger partial charge in [-0.1, -0.05) is 54.6 Å². The van der Waals surface area contributed by atoms with Crippen LogP contribution in [-0.2, 0) is 6.54 Å². The first-order valence-electron chi connectivity index (χ1n) is 12.0. The summed E-state index contributed by atoms with van der Waals surface area (Å²) >= 11 is 0. The van der Waals surface area contributed by atoms with Crippen molar-refractivity contribution >= 4 is 11.9 Å². The summed E-state index contributed by atoms with van der Waals surface area (Å²) in [5.41, 5.74) is 3.12. The Morgan fingerprint density at radius 3 is 2.57 bits per heavy atom. The quantitative estimate of drug-likeness (QED) is 0.298. The van der Waals surface area contributed by atoms with Crippen molar-refractivity contribution in [3.63, 3.8) is 0 Å². The molecule has 1 atom stereocenters. The summed E-state index contributed by atoms with van der Waals surface area (Å²) in [5.74, 6) is 0.782. The Bertz CT molecular complexity index is 1350. The number of phenolic OH excluding ortho intramolecular Hbond substituents is 1. The van der Waals surface area contributed by atoms with E-state index < -0.39 is 6.10 Å². The summed E-state index contributed by atoms with van der Waals surface area (Å²) in [6, 6.07) is 23.8. The highest BCUT2D eigenvalue weighted by atomic mass is 16.5. The molecule has 4 aromatic rings. The van der Waals surface area contributed by atoms with E-state index in [0.717, 1.165) is 5.56 Å². The molecule has 3 aromatic carbocycles. The van der Waals surface area contributed by atoms with Crippen LogP contribution in [0.1, 0.15) is 34.0 Å². The smallest absolute Gasteiger partial charge is 0.255 e.